The van der Waals surface area contributed by atoms with Crippen LogP contribution in [0.15, 0.2) is 35.9 Å². The summed E-state index contributed by atoms with van der Waals surface area (Å²) in [5.74, 6) is -0.277. The zero-order chi connectivity index (χ0) is 19.4. The number of carbonyl (C=O) groups is 1. The smallest absolute Gasteiger partial charge is 0.262 e. The van der Waals surface area contributed by atoms with Gasteiger partial charge in [-0.25, -0.2) is 0 Å². The lowest BCUT2D eigenvalue weighted by atomic mass is 9.95. The molecule has 0 bridgehead atoms. The van der Waals surface area contributed by atoms with E-state index < -0.39 is 0 Å². The minimum Gasteiger partial charge on any atom is -0.349 e. The summed E-state index contributed by atoms with van der Waals surface area (Å²) in [6, 6.07) is 11.9. The number of nitriles is 1. The summed E-state index contributed by atoms with van der Waals surface area (Å²) in [5.41, 5.74) is 4.04. The Morgan fingerprint density at radius 1 is 1.22 bits per heavy atom. The highest BCUT2D eigenvalue weighted by Crippen LogP contribution is 2.24. The molecular formula is C22H24ClN3O. The van der Waals surface area contributed by atoms with Crippen molar-refractivity contribution in [2.45, 2.75) is 52.0 Å². The Balaban J connectivity index is 1.86. The Labute approximate surface area is 165 Å². The number of aryl methyl sites for hydroxylation is 1. The highest BCUT2D eigenvalue weighted by molar-refractivity contribution is 6.30. The van der Waals surface area contributed by atoms with E-state index in [1.165, 1.54) is 6.42 Å². The van der Waals surface area contributed by atoms with Gasteiger partial charge in [0.1, 0.15) is 11.6 Å². The van der Waals surface area contributed by atoms with Crippen LogP contribution in [0.25, 0.3) is 11.8 Å². The Bertz CT molecular complexity index is 897. The summed E-state index contributed by atoms with van der Waals surface area (Å²) in [6.07, 6.45) is 7.18. The van der Waals surface area contributed by atoms with Gasteiger partial charge in [0.2, 0.25) is 0 Å². The molecule has 1 fully saturated rings. The molecule has 0 unspecified atom stereocenters. The van der Waals surface area contributed by atoms with Crippen LogP contribution in [-0.4, -0.2) is 16.5 Å². The highest BCUT2D eigenvalue weighted by atomic mass is 35.5. The lowest BCUT2D eigenvalue weighted by Gasteiger charge is -2.22. The third kappa shape index (κ3) is 4.43. The van der Waals surface area contributed by atoms with E-state index in [1.807, 2.05) is 44.2 Å². The molecule has 140 valence electrons. The van der Waals surface area contributed by atoms with Gasteiger partial charge in [-0.1, -0.05) is 30.9 Å². The fourth-order valence-corrected chi connectivity index (χ4v) is 3.86. The monoisotopic (exact) mass is 381 g/mol. The van der Waals surface area contributed by atoms with Crippen LogP contribution < -0.4 is 5.32 Å². The molecule has 0 atom stereocenters. The molecule has 1 amide bonds. The van der Waals surface area contributed by atoms with Gasteiger partial charge in [-0.2, -0.15) is 5.26 Å². The normalized spacial score (nSPS) is 15.4. The van der Waals surface area contributed by atoms with Crippen molar-refractivity contribution < 1.29 is 4.79 Å². The number of carbonyl (C=O) groups excluding carboxylic acids is 1. The van der Waals surface area contributed by atoms with Crippen molar-refractivity contribution >= 4 is 23.6 Å². The van der Waals surface area contributed by atoms with Crippen LogP contribution in [0, 0.1) is 25.2 Å². The van der Waals surface area contributed by atoms with Crippen LogP contribution in [-0.2, 0) is 4.79 Å². The van der Waals surface area contributed by atoms with Crippen LogP contribution in [0.1, 0.15) is 49.1 Å². The molecule has 27 heavy (non-hydrogen) atoms. The number of hydrogen-bond acceptors (Lipinski definition) is 2. The van der Waals surface area contributed by atoms with Crippen molar-refractivity contribution in [3.8, 4) is 11.8 Å². The summed E-state index contributed by atoms with van der Waals surface area (Å²) in [7, 11) is 0. The van der Waals surface area contributed by atoms with Crippen LogP contribution in [0.3, 0.4) is 0 Å². The van der Waals surface area contributed by atoms with Crippen LogP contribution in [0.5, 0.6) is 0 Å². The summed E-state index contributed by atoms with van der Waals surface area (Å²) < 4.78 is 2.09. The molecule has 3 rings (SSSR count). The largest absolute Gasteiger partial charge is 0.349 e. The number of nitrogens with one attached hydrogen (secondary N) is 1. The van der Waals surface area contributed by atoms with Gasteiger partial charge in [0.05, 0.1) is 0 Å². The number of hydrogen-bond donors (Lipinski definition) is 1. The summed E-state index contributed by atoms with van der Waals surface area (Å²) in [4.78, 5) is 12.5. The number of rotatable bonds is 4. The maximum absolute atomic E-state index is 12.5. The third-order valence-electron chi connectivity index (χ3n) is 5.16. The molecule has 2 aromatic rings. The fraction of sp³-hybridized carbons (Fsp3) is 0.364. The van der Waals surface area contributed by atoms with Gasteiger partial charge in [0.25, 0.3) is 5.91 Å². The topological polar surface area (TPSA) is 57.8 Å². The molecule has 0 radical (unpaired) electrons. The maximum Gasteiger partial charge on any atom is 0.262 e. The van der Waals surface area contributed by atoms with E-state index in [2.05, 4.69) is 16.0 Å². The van der Waals surface area contributed by atoms with Gasteiger partial charge in [-0.3, -0.25) is 4.79 Å². The summed E-state index contributed by atoms with van der Waals surface area (Å²) in [5, 5.41) is 13.2. The molecule has 1 aliphatic carbocycles. The first-order valence-corrected chi connectivity index (χ1v) is 9.75. The van der Waals surface area contributed by atoms with E-state index in [0.717, 1.165) is 48.3 Å². The molecule has 5 heteroatoms. The second-order valence-electron chi connectivity index (χ2n) is 7.12. The molecule has 1 N–H and O–H groups in total. The molecule has 0 aliphatic heterocycles. The molecule has 1 heterocycles. The van der Waals surface area contributed by atoms with E-state index in [1.54, 1.807) is 6.08 Å². The first kappa shape index (κ1) is 19.3. The number of halogens is 1. The van der Waals surface area contributed by atoms with E-state index >= 15 is 0 Å². The Morgan fingerprint density at radius 3 is 2.52 bits per heavy atom. The van der Waals surface area contributed by atoms with Gasteiger partial charge in [-0.05, 0) is 68.7 Å². The lowest BCUT2D eigenvalue weighted by molar-refractivity contribution is -0.117. The molecule has 1 aromatic carbocycles. The Hall–Kier alpha value is -2.51. The van der Waals surface area contributed by atoms with Crippen molar-refractivity contribution in [2.24, 2.45) is 0 Å². The standard InChI is InChI=1S/C22H24ClN3O/c1-15-12-17(16(2)26(15)21-10-8-19(23)9-11-21)13-18(14-24)22(27)25-20-6-4-3-5-7-20/h8-13,20H,3-7H2,1-2H3,(H,25,27). The SMILES string of the molecule is Cc1cc(C=C(C#N)C(=O)NC2CCCCC2)c(C)n1-c1ccc(Cl)cc1. The van der Waals surface area contributed by atoms with E-state index in [4.69, 9.17) is 11.6 Å². The Kier molecular flexibility index (Phi) is 6.03. The first-order chi connectivity index (χ1) is 13.0. The quantitative estimate of drug-likeness (QED) is 0.591. The van der Waals surface area contributed by atoms with Crippen LogP contribution in [0.2, 0.25) is 5.02 Å². The number of aromatic nitrogens is 1. The summed E-state index contributed by atoms with van der Waals surface area (Å²) >= 11 is 5.99. The molecule has 1 saturated carbocycles. The number of nitrogens with zero attached hydrogens (tertiary/aromatic N) is 2. The molecule has 0 saturated heterocycles. The number of amides is 1. The lowest BCUT2D eigenvalue weighted by Crippen LogP contribution is -2.36. The van der Waals surface area contributed by atoms with E-state index in [0.29, 0.717) is 5.02 Å². The van der Waals surface area contributed by atoms with Crippen molar-refractivity contribution in [3.05, 3.63) is 57.9 Å². The van der Waals surface area contributed by atoms with Crippen molar-refractivity contribution in [3.63, 3.8) is 0 Å². The predicted octanol–water partition coefficient (Wildman–Crippen LogP) is 5.10. The van der Waals surface area contributed by atoms with Gasteiger partial charge >= 0.3 is 0 Å². The average molecular weight is 382 g/mol. The van der Waals surface area contributed by atoms with Crippen LogP contribution in [0.4, 0.5) is 0 Å². The summed E-state index contributed by atoms with van der Waals surface area (Å²) in [6.45, 7) is 3.99. The predicted molar refractivity (Wildman–Crippen MR) is 109 cm³/mol. The number of benzene rings is 1. The minimum absolute atomic E-state index is 0.150. The van der Waals surface area contributed by atoms with Gasteiger partial charge in [0, 0.05) is 28.1 Å². The molecule has 0 spiro atoms. The van der Waals surface area contributed by atoms with Crippen molar-refractivity contribution in [1.29, 1.82) is 5.26 Å². The van der Waals surface area contributed by atoms with Crippen molar-refractivity contribution in [1.82, 2.24) is 9.88 Å². The zero-order valence-electron chi connectivity index (χ0n) is 15.8. The van der Waals surface area contributed by atoms with Crippen LogP contribution >= 0.6 is 11.6 Å². The second-order valence-corrected chi connectivity index (χ2v) is 7.55. The molecule has 1 aromatic heterocycles. The van der Waals surface area contributed by atoms with E-state index in [9.17, 15) is 10.1 Å². The molecule has 4 nitrogen and oxygen atoms in total. The third-order valence-corrected chi connectivity index (χ3v) is 5.41. The Morgan fingerprint density at radius 2 is 1.89 bits per heavy atom. The van der Waals surface area contributed by atoms with Gasteiger partial charge in [0.15, 0.2) is 0 Å². The second kappa shape index (κ2) is 8.45. The van der Waals surface area contributed by atoms with Gasteiger partial charge < -0.3 is 9.88 Å². The fourth-order valence-electron chi connectivity index (χ4n) is 3.74. The molecular weight excluding hydrogens is 358 g/mol. The minimum atomic E-state index is -0.277. The highest BCUT2D eigenvalue weighted by Gasteiger charge is 2.19. The van der Waals surface area contributed by atoms with Gasteiger partial charge in [-0.15, -0.1) is 0 Å². The zero-order valence-corrected chi connectivity index (χ0v) is 16.5. The van der Waals surface area contributed by atoms with E-state index in [-0.39, 0.29) is 17.5 Å². The average Bonchev–Trinajstić information content (AvgIpc) is 2.94. The maximum atomic E-state index is 12.5. The molecule has 1 aliphatic rings. The van der Waals surface area contributed by atoms with Crippen molar-refractivity contribution in [2.75, 3.05) is 0 Å². The first-order valence-electron chi connectivity index (χ1n) is 9.37.